The van der Waals surface area contributed by atoms with Crippen LogP contribution in [0.15, 0.2) is 0 Å². The average Bonchev–Trinajstić information content (AvgIpc) is 2.13. The maximum atomic E-state index is 11.4. The third kappa shape index (κ3) is 2.69. The van der Waals surface area contributed by atoms with Crippen molar-refractivity contribution in [2.75, 3.05) is 26.3 Å². The predicted octanol–water partition coefficient (Wildman–Crippen LogP) is 0.396. The van der Waals surface area contributed by atoms with Crippen LogP contribution in [0, 0.1) is 0 Å². The van der Waals surface area contributed by atoms with Gasteiger partial charge in [0.2, 0.25) is 5.91 Å². The van der Waals surface area contributed by atoms with Crippen molar-refractivity contribution < 1.29 is 14.6 Å². The molecule has 0 bridgehead atoms. The van der Waals surface area contributed by atoms with E-state index < -0.39 is 5.60 Å². The summed E-state index contributed by atoms with van der Waals surface area (Å²) in [7, 11) is 0. The lowest BCUT2D eigenvalue weighted by molar-refractivity contribution is -0.160. The predicted molar refractivity (Wildman–Crippen MR) is 52.9 cm³/mol. The second kappa shape index (κ2) is 4.75. The van der Waals surface area contributed by atoms with E-state index in [2.05, 4.69) is 0 Å². The highest BCUT2D eigenvalue weighted by Crippen LogP contribution is 2.23. The van der Waals surface area contributed by atoms with E-state index in [1.807, 2.05) is 13.8 Å². The smallest absolute Gasteiger partial charge is 0.248 e. The molecule has 0 unspecified atom stereocenters. The second-order valence-electron chi connectivity index (χ2n) is 3.88. The minimum absolute atomic E-state index is 0.0171. The van der Waals surface area contributed by atoms with Crippen LogP contribution in [-0.4, -0.2) is 47.8 Å². The summed E-state index contributed by atoms with van der Waals surface area (Å²) in [6, 6.07) is 0. The molecule has 0 aromatic heterocycles. The lowest BCUT2D eigenvalue weighted by atomic mass is 9.91. The van der Waals surface area contributed by atoms with Gasteiger partial charge in [-0.1, -0.05) is 13.8 Å². The van der Waals surface area contributed by atoms with Crippen molar-refractivity contribution in [1.82, 2.24) is 4.90 Å². The quantitative estimate of drug-likeness (QED) is 0.655. The molecular formula is C10H19NO3. The normalized spacial score (nSPS) is 19.2. The van der Waals surface area contributed by atoms with Crippen molar-refractivity contribution in [3.8, 4) is 0 Å². The van der Waals surface area contributed by atoms with E-state index in [1.54, 1.807) is 4.90 Å². The molecule has 4 heteroatoms. The molecule has 14 heavy (non-hydrogen) atoms. The Balaban J connectivity index is 2.16. The first-order valence-electron chi connectivity index (χ1n) is 5.19. The number of hydrogen-bond donors (Lipinski definition) is 1. The number of nitrogens with zero attached hydrogens (tertiary/aromatic N) is 1. The summed E-state index contributed by atoms with van der Waals surface area (Å²) in [5, 5.41) is 9.67. The molecule has 0 radical (unpaired) electrons. The third-order valence-electron chi connectivity index (χ3n) is 2.56. The fourth-order valence-electron chi connectivity index (χ4n) is 1.46. The van der Waals surface area contributed by atoms with Gasteiger partial charge in [-0.05, 0) is 12.8 Å². The van der Waals surface area contributed by atoms with E-state index in [-0.39, 0.29) is 12.5 Å². The average molecular weight is 201 g/mol. The highest BCUT2D eigenvalue weighted by Gasteiger charge is 2.41. The molecule has 1 amide bonds. The summed E-state index contributed by atoms with van der Waals surface area (Å²) in [4.78, 5) is 13.0. The van der Waals surface area contributed by atoms with Crippen molar-refractivity contribution in [2.24, 2.45) is 0 Å². The standard InChI is InChI=1S/C10H19NO3/c1-3-5-14-6-9(12)11-7-10(13,4-2)8-11/h13H,3-8H2,1-2H3. The zero-order chi connectivity index (χ0) is 10.6. The largest absolute Gasteiger partial charge is 0.386 e. The van der Waals surface area contributed by atoms with Gasteiger partial charge in [0, 0.05) is 6.61 Å². The lowest BCUT2D eigenvalue weighted by Crippen LogP contribution is -2.63. The summed E-state index contributed by atoms with van der Waals surface area (Å²) in [5.41, 5.74) is -0.638. The van der Waals surface area contributed by atoms with Crippen LogP contribution in [0.4, 0.5) is 0 Å². The van der Waals surface area contributed by atoms with Crippen LogP contribution < -0.4 is 0 Å². The molecule has 1 aliphatic rings. The molecule has 0 aromatic rings. The Labute approximate surface area is 84.8 Å². The molecule has 0 aromatic carbocycles. The Morgan fingerprint density at radius 1 is 1.50 bits per heavy atom. The zero-order valence-corrected chi connectivity index (χ0v) is 8.95. The molecule has 0 aliphatic carbocycles. The molecule has 1 N–H and O–H groups in total. The Kier molecular flexibility index (Phi) is 3.89. The minimum Gasteiger partial charge on any atom is -0.386 e. The van der Waals surface area contributed by atoms with Gasteiger partial charge < -0.3 is 14.7 Å². The minimum atomic E-state index is -0.638. The summed E-state index contributed by atoms with van der Waals surface area (Å²) >= 11 is 0. The molecule has 0 atom stereocenters. The molecule has 1 fully saturated rings. The lowest BCUT2D eigenvalue weighted by Gasteiger charge is -2.46. The molecular weight excluding hydrogens is 182 g/mol. The summed E-state index contributed by atoms with van der Waals surface area (Å²) < 4.78 is 5.13. The Morgan fingerprint density at radius 3 is 2.64 bits per heavy atom. The number of likely N-dealkylation sites (tertiary alicyclic amines) is 1. The molecule has 0 spiro atoms. The summed E-state index contributed by atoms with van der Waals surface area (Å²) in [6.45, 7) is 5.61. The third-order valence-corrected chi connectivity index (χ3v) is 2.56. The van der Waals surface area contributed by atoms with E-state index in [1.165, 1.54) is 0 Å². The SMILES string of the molecule is CCCOCC(=O)N1CC(O)(CC)C1. The van der Waals surface area contributed by atoms with Gasteiger partial charge in [0.05, 0.1) is 18.7 Å². The van der Waals surface area contributed by atoms with E-state index in [0.717, 1.165) is 6.42 Å². The number of β-amino-alcohol motifs (C(OH)–C–C–N with tert-alkyl or cyclic N) is 1. The number of aliphatic hydroxyl groups is 1. The molecule has 1 saturated heterocycles. The van der Waals surface area contributed by atoms with Crippen LogP contribution in [0.3, 0.4) is 0 Å². The van der Waals surface area contributed by atoms with Gasteiger partial charge in [-0.2, -0.15) is 0 Å². The van der Waals surface area contributed by atoms with Crippen LogP contribution in [0.2, 0.25) is 0 Å². The van der Waals surface area contributed by atoms with Gasteiger partial charge in [0.25, 0.3) is 0 Å². The molecule has 82 valence electrons. The number of ether oxygens (including phenoxy) is 1. The van der Waals surface area contributed by atoms with Gasteiger partial charge in [0.1, 0.15) is 6.61 Å². The molecule has 0 saturated carbocycles. The van der Waals surface area contributed by atoms with E-state index in [4.69, 9.17) is 4.74 Å². The maximum Gasteiger partial charge on any atom is 0.248 e. The Hall–Kier alpha value is -0.610. The van der Waals surface area contributed by atoms with Crippen LogP contribution >= 0.6 is 0 Å². The van der Waals surface area contributed by atoms with Gasteiger partial charge in [-0.3, -0.25) is 4.79 Å². The van der Waals surface area contributed by atoms with Crippen LogP contribution in [0.1, 0.15) is 26.7 Å². The number of carbonyl (C=O) groups is 1. The highest BCUT2D eigenvalue weighted by molar-refractivity contribution is 5.78. The van der Waals surface area contributed by atoms with Crippen molar-refractivity contribution >= 4 is 5.91 Å². The van der Waals surface area contributed by atoms with E-state index in [0.29, 0.717) is 26.1 Å². The van der Waals surface area contributed by atoms with Crippen molar-refractivity contribution in [3.63, 3.8) is 0 Å². The molecule has 1 aliphatic heterocycles. The van der Waals surface area contributed by atoms with Crippen LogP contribution in [0.25, 0.3) is 0 Å². The Morgan fingerprint density at radius 2 is 2.14 bits per heavy atom. The van der Waals surface area contributed by atoms with E-state index >= 15 is 0 Å². The number of amides is 1. The van der Waals surface area contributed by atoms with Gasteiger partial charge in [-0.15, -0.1) is 0 Å². The monoisotopic (exact) mass is 201 g/mol. The number of rotatable bonds is 5. The molecule has 1 heterocycles. The van der Waals surface area contributed by atoms with Crippen LogP contribution in [-0.2, 0) is 9.53 Å². The summed E-state index contributed by atoms with van der Waals surface area (Å²) in [5.74, 6) is -0.0171. The van der Waals surface area contributed by atoms with Crippen LogP contribution in [0.5, 0.6) is 0 Å². The van der Waals surface area contributed by atoms with Gasteiger partial charge in [-0.25, -0.2) is 0 Å². The number of hydrogen-bond acceptors (Lipinski definition) is 3. The summed E-state index contributed by atoms with van der Waals surface area (Å²) in [6.07, 6.45) is 1.62. The van der Waals surface area contributed by atoms with Crippen molar-refractivity contribution in [2.45, 2.75) is 32.3 Å². The zero-order valence-electron chi connectivity index (χ0n) is 8.95. The first kappa shape index (κ1) is 11.5. The van der Waals surface area contributed by atoms with Gasteiger partial charge in [0.15, 0.2) is 0 Å². The highest BCUT2D eigenvalue weighted by atomic mass is 16.5. The van der Waals surface area contributed by atoms with Crippen molar-refractivity contribution in [1.29, 1.82) is 0 Å². The first-order valence-corrected chi connectivity index (χ1v) is 5.19. The fourth-order valence-corrected chi connectivity index (χ4v) is 1.46. The van der Waals surface area contributed by atoms with Crippen molar-refractivity contribution in [3.05, 3.63) is 0 Å². The second-order valence-corrected chi connectivity index (χ2v) is 3.88. The topological polar surface area (TPSA) is 49.8 Å². The fraction of sp³-hybridized carbons (Fsp3) is 0.900. The maximum absolute atomic E-state index is 11.4. The Bertz CT molecular complexity index is 200. The first-order chi connectivity index (χ1) is 6.61. The number of carbonyl (C=O) groups excluding carboxylic acids is 1. The molecule has 1 rings (SSSR count). The van der Waals surface area contributed by atoms with Gasteiger partial charge >= 0.3 is 0 Å². The van der Waals surface area contributed by atoms with E-state index in [9.17, 15) is 9.90 Å². The molecule has 4 nitrogen and oxygen atoms in total.